The fourth-order valence-corrected chi connectivity index (χ4v) is 3.61. The predicted molar refractivity (Wildman–Crippen MR) is 105 cm³/mol. The molecule has 0 spiro atoms. The predicted octanol–water partition coefficient (Wildman–Crippen LogP) is 4.46. The Hall–Kier alpha value is -3.54. The molecule has 3 aromatic carbocycles. The van der Waals surface area contributed by atoms with Crippen molar-refractivity contribution in [3.8, 4) is 0 Å². The lowest BCUT2D eigenvalue weighted by Gasteiger charge is -2.31. The van der Waals surface area contributed by atoms with Gasteiger partial charge >= 0.3 is 0 Å². The minimum absolute atomic E-state index is 0.122. The molecule has 0 radical (unpaired) electrons. The molecule has 6 heteroatoms. The molecule has 1 heterocycles. The van der Waals surface area contributed by atoms with Gasteiger partial charge in [-0.05, 0) is 42.8 Å². The summed E-state index contributed by atoms with van der Waals surface area (Å²) in [6.07, 6.45) is 0. The van der Waals surface area contributed by atoms with Crippen LogP contribution < -0.4 is 5.32 Å². The number of halogens is 2. The molecule has 4 nitrogen and oxygen atoms in total. The number of fused-ring (bicyclic) bond motifs is 1. The van der Waals surface area contributed by atoms with Gasteiger partial charge in [-0.3, -0.25) is 9.59 Å². The molecule has 0 saturated carbocycles. The molecule has 0 aliphatic carbocycles. The van der Waals surface area contributed by atoms with E-state index < -0.39 is 23.6 Å². The Bertz CT molecular complexity index is 1100. The van der Waals surface area contributed by atoms with Crippen LogP contribution in [0.25, 0.3) is 0 Å². The van der Waals surface area contributed by atoms with E-state index in [0.29, 0.717) is 16.8 Å². The van der Waals surface area contributed by atoms with Crippen molar-refractivity contribution in [2.75, 3.05) is 11.9 Å². The second-order valence-electron chi connectivity index (χ2n) is 7.01. The van der Waals surface area contributed by atoms with Crippen molar-refractivity contribution < 1.29 is 18.4 Å². The standard InChI is InChI=1S/C23H18F2N2O2/c1-14-6-11-20-18(12-14)22(15-7-9-16(24)10-8-15)27(13-21(28)26-20)23(29)17-4-2-3-5-19(17)25/h2-12,22H,13H2,1H3,(H,26,28)/t22-/m1/s1. The molecular formula is C23H18F2N2O2. The monoisotopic (exact) mass is 392 g/mol. The Kier molecular flexibility index (Phi) is 4.84. The average Bonchev–Trinajstić information content (AvgIpc) is 2.84. The van der Waals surface area contributed by atoms with Crippen LogP contribution in [0, 0.1) is 18.6 Å². The minimum Gasteiger partial charge on any atom is -0.324 e. The number of carbonyl (C=O) groups is 2. The molecule has 1 aliphatic rings. The van der Waals surface area contributed by atoms with Crippen molar-refractivity contribution in [3.05, 3.63) is 101 Å². The molecule has 0 bridgehead atoms. The van der Waals surface area contributed by atoms with Gasteiger partial charge in [0.15, 0.2) is 0 Å². The number of nitrogens with one attached hydrogen (secondary N) is 1. The Labute approximate surface area is 166 Å². The lowest BCUT2D eigenvalue weighted by molar-refractivity contribution is -0.117. The minimum atomic E-state index is -0.684. The second kappa shape index (κ2) is 7.47. The van der Waals surface area contributed by atoms with Crippen LogP contribution in [0.1, 0.15) is 33.1 Å². The molecule has 0 saturated heterocycles. The van der Waals surface area contributed by atoms with Crippen molar-refractivity contribution >= 4 is 17.5 Å². The van der Waals surface area contributed by atoms with E-state index in [2.05, 4.69) is 5.32 Å². The second-order valence-corrected chi connectivity index (χ2v) is 7.01. The maximum absolute atomic E-state index is 14.3. The van der Waals surface area contributed by atoms with E-state index in [-0.39, 0.29) is 18.0 Å². The number of aryl methyl sites for hydroxylation is 1. The van der Waals surface area contributed by atoms with E-state index in [1.54, 1.807) is 24.3 Å². The molecule has 0 unspecified atom stereocenters. The van der Waals surface area contributed by atoms with Gasteiger partial charge in [-0.2, -0.15) is 0 Å². The summed E-state index contributed by atoms with van der Waals surface area (Å²) in [5.74, 6) is -2.07. The third kappa shape index (κ3) is 3.61. The number of benzene rings is 3. The molecule has 1 atom stereocenters. The zero-order valence-electron chi connectivity index (χ0n) is 15.7. The smallest absolute Gasteiger partial charge is 0.258 e. The van der Waals surface area contributed by atoms with Gasteiger partial charge in [0.25, 0.3) is 5.91 Å². The molecule has 4 rings (SSSR count). The number of hydrogen-bond donors (Lipinski definition) is 1. The third-order valence-corrected chi connectivity index (χ3v) is 4.95. The summed E-state index contributed by atoms with van der Waals surface area (Å²) < 4.78 is 27.9. The highest BCUT2D eigenvalue weighted by Crippen LogP contribution is 2.37. The highest BCUT2D eigenvalue weighted by molar-refractivity contribution is 6.01. The first-order valence-corrected chi connectivity index (χ1v) is 9.15. The van der Waals surface area contributed by atoms with E-state index in [4.69, 9.17) is 0 Å². The van der Waals surface area contributed by atoms with E-state index >= 15 is 0 Å². The highest BCUT2D eigenvalue weighted by atomic mass is 19.1. The summed E-state index contributed by atoms with van der Waals surface area (Å²) in [4.78, 5) is 27.2. The Morgan fingerprint density at radius 2 is 1.76 bits per heavy atom. The van der Waals surface area contributed by atoms with Crippen LogP contribution in [-0.4, -0.2) is 23.3 Å². The maximum atomic E-state index is 14.3. The normalized spacial score (nSPS) is 16.0. The van der Waals surface area contributed by atoms with E-state index in [1.165, 1.54) is 35.2 Å². The maximum Gasteiger partial charge on any atom is 0.258 e. The summed E-state index contributed by atoms with van der Waals surface area (Å²) >= 11 is 0. The number of nitrogens with zero attached hydrogens (tertiary/aromatic N) is 1. The van der Waals surface area contributed by atoms with Gasteiger partial charge in [0.1, 0.15) is 18.2 Å². The van der Waals surface area contributed by atoms with Crippen molar-refractivity contribution in [2.24, 2.45) is 0 Å². The summed E-state index contributed by atoms with van der Waals surface area (Å²) in [5.41, 5.74) is 2.69. The van der Waals surface area contributed by atoms with Crippen molar-refractivity contribution in [3.63, 3.8) is 0 Å². The first-order valence-electron chi connectivity index (χ1n) is 9.15. The van der Waals surface area contributed by atoms with Gasteiger partial charge in [0.05, 0.1) is 11.6 Å². The molecule has 2 amide bonds. The lowest BCUT2D eigenvalue weighted by Crippen LogP contribution is -2.39. The van der Waals surface area contributed by atoms with E-state index in [9.17, 15) is 18.4 Å². The molecule has 1 N–H and O–H groups in total. The lowest BCUT2D eigenvalue weighted by atomic mass is 9.94. The first kappa shape index (κ1) is 18.8. The molecular weight excluding hydrogens is 374 g/mol. The summed E-state index contributed by atoms with van der Waals surface area (Å²) in [6.45, 7) is 1.64. The average molecular weight is 392 g/mol. The molecule has 3 aromatic rings. The van der Waals surface area contributed by atoms with E-state index in [0.717, 1.165) is 5.56 Å². The van der Waals surface area contributed by atoms with Gasteiger partial charge in [-0.25, -0.2) is 8.78 Å². The first-order chi connectivity index (χ1) is 13.9. The zero-order valence-corrected chi connectivity index (χ0v) is 15.7. The third-order valence-electron chi connectivity index (χ3n) is 4.95. The summed E-state index contributed by atoms with van der Waals surface area (Å²) in [7, 11) is 0. The summed E-state index contributed by atoms with van der Waals surface area (Å²) in [6, 6.07) is 16.2. The largest absolute Gasteiger partial charge is 0.324 e. The SMILES string of the molecule is Cc1ccc2c(c1)[C@@H](c1ccc(F)cc1)N(C(=O)c1ccccc1F)CC(=O)N2. The molecule has 146 valence electrons. The molecule has 29 heavy (non-hydrogen) atoms. The van der Waals surface area contributed by atoms with Crippen LogP contribution in [0.5, 0.6) is 0 Å². The van der Waals surface area contributed by atoms with Crippen LogP contribution in [0.3, 0.4) is 0 Å². The quantitative estimate of drug-likeness (QED) is 0.700. The van der Waals surface area contributed by atoms with Crippen molar-refractivity contribution in [1.29, 1.82) is 0 Å². The van der Waals surface area contributed by atoms with Crippen molar-refractivity contribution in [1.82, 2.24) is 4.90 Å². The van der Waals surface area contributed by atoms with Crippen LogP contribution in [0.15, 0.2) is 66.7 Å². The zero-order chi connectivity index (χ0) is 20.5. The van der Waals surface area contributed by atoms with Gasteiger partial charge in [0.2, 0.25) is 5.91 Å². The number of anilines is 1. The summed E-state index contributed by atoms with van der Waals surface area (Å²) in [5, 5.41) is 2.81. The highest BCUT2D eigenvalue weighted by Gasteiger charge is 2.34. The fourth-order valence-electron chi connectivity index (χ4n) is 3.61. The Morgan fingerprint density at radius 3 is 2.48 bits per heavy atom. The molecule has 0 aromatic heterocycles. The van der Waals surface area contributed by atoms with Gasteiger partial charge in [-0.1, -0.05) is 42.0 Å². The van der Waals surface area contributed by atoms with Gasteiger partial charge < -0.3 is 10.2 Å². The number of carbonyl (C=O) groups excluding carboxylic acids is 2. The van der Waals surface area contributed by atoms with Gasteiger partial charge in [-0.15, -0.1) is 0 Å². The van der Waals surface area contributed by atoms with Gasteiger partial charge in [0, 0.05) is 11.3 Å². The topological polar surface area (TPSA) is 49.4 Å². The number of hydrogen-bond acceptors (Lipinski definition) is 2. The van der Waals surface area contributed by atoms with Crippen LogP contribution in [0.4, 0.5) is 14.5 Å². The van der Waals surface area contributed by atoms with Crippen LogP contribution >= 0.6 is 0 Å². The number of rotatable bonds is 2. The van der Waals surface area contributed by atoms with Crippen LogP contribution in [0.2, 0.25) is 0 Å². The molecule has 0 fully saturated rings. The Morgan fingerprint density at radius 1 is 1.03 bits per heavy atom. The number of amides is 2. The van der Waals surface area contributed by atoms with Crippen LogP contribution in [-0.2, 0) is 4.79 Å². The van der Waals surface area contributed by atoms with E-state index in [1.807, 2.05) is 19.1 Å². The molecule has 1 aliphatic heterocycles. The fraction of sp³-hybridized carbons (Fsp3) is 0.130. The Balaban J connectivity index is 1.91. The van der Waals surface area contributed by atoms with Crippen molar-refractivity contribution in [2.45, 2.75) is 13.0 Å².